The molecule has 0 radical (unpaired) electrons. The predicted octanol–water partition coefficient (Wildman–Crippen LogP) is 7.75. The van der Waals surface area contributed by atoms with Crippen LogP contribution in [-0.4, -0.2) is 9.78 Å². The van der Waals surface area contributed by atoms with Gasteiger partial charge in [-0.25, -0.2) is 4.68 Å². The molecule has 29 heavy (non-hydrogen) atoms. The van der Waals surface area contributed by atoms with Crippen molar-refractivity contribution in [3.8, 4) is 28.2 Å². The van der Waals surface area contributed by atoms with Crippen LogP contribution in [-0.2, 0) is 0 Å². The molecular weight excluding hydrogens is 399 g/mol. The van der Waals surface area contributed by atoms with Gasteiger partial charge in [0.15, 0.2) is 0 Å². The van der Waals surface area contributed by atoms with E-state index in [1.54, 1.807) is 12.1 Å². The van der Waals surface area contributed by atoms with Gasteiger partial charge < -0.3 is 0 Å². The molecule has 4 rings (SSSR count). The van der Waals surface area contributed by atoms with E-state index >= 15 is 0 Å². The second-order valence-electron chi connectivity index (χ2n) is 7.52. The zero-order valence-electron chi connectivity index (χ0n) is 16.9. The lowest BCUT2D eigenvalue weighted by atomic mass is 10.0. The van der Waals surface area contributed by atoms with Crippen LogP contribution in [0.4, 0.5) is 0 Å². The first-order valence-corrected chi connectivity index (χ1v) is 10.3. The first-order chi connectivity index (χ1) is 13.8. The predicted molar refractivity (Wildman–Crippen MR) is 123 cm³/mol. The standard InChI is InChI=1S/C25H22Cl2N2/c1-15-5-7-19(11-17(15)3)23-14-24(20-8-6-16(2)18(4)12-20)29(28-23)25-13-21(26)9-10-22(25)27/h5-14H,1-4H3. The molecule has 146 valence electrons. The van der Waals surface area contributed by atoms with Gasteiger partial charge in [-0.05, 0) is 86.3 Å². The van der Waals surface area contributed by atoms with E-state index in [1.807, 2.05) is 10.7 Å². The molecule has 0 bridgehead atoms. The van der Waals surface area contributed by atoms with Crippen LogP contribution in [0.25, 0.3) is 28.2 Å². The van der Waals surface area contributed by atoms with Crippen molar-refractivity contribution in [1.82, 2.24) is 9.78 Å². The van der Waals surface area contributed by atoms with Crippen molar-refractivity contribution in [1.29, 1.82) is 0 Å². The van der Waals surface area contributed by atoms with Gasteiger partial charge in [-0.2, -0.15) is 5.10 Å². The smallest absolute Gasteiger partial charge is 0.0934 e. The van der Waals surface area contributed by atoms with E-state index < -0.39 is 0 Å². The molecule has 0 amide bonds. The van der Waals surface area contributed by atoms with Crippen LogP contribution < -0.4 is 0 Å². The first kappa shape index (κ1) is 19.8. The molecule has 0 atom stereocenters. The summed E-state index contributed by atoms with van der Waals surface area (Å²) >= 11 is 12.8. The van der Waals surface area contributed by atoms with Gasteiger partial charge in [0, 0.05) is 16.1 Å². The minimum Gasteiger partial charge on any atom is -0.231 e. The average Bonchev–Trinajstić information content (AvgIpc) is 3.13. The molecule has 4 aromatic rings. The highest BCUT2D eigenvalue weighted by atomic mass is 35.5. The molecule has 0 aliphatic carbocycles. The summed E-state index contributed by atoms with van der Waals surface area (Å²) in [7, 11) is 0. The third-order valence-corrected chi connectivity index (χ3v) is 6.01. The van der Waals surface area contributed by atoms with Crippen LogP contribution in [0.15, 0.2) is 60.7 Å². The maximum Gasteiger partial charge on any atom is 0.0934 e. The van der Waals surface area contributed by atoms with Crippen LogP contribution in [0.5, 0.6) is 0 Å². The van der Waals surface area contributed by atoms with Crippen LogP contribution in [0.3, 0.4) is 0 Å². The number of nitrogens with zero attached hydrogens (tertiary/aromatic N) is 2. The zero-order valence-corrected chi connectivity index (χ0v) is 18.4. The van der Waals surface area contributed by atoms with Crippen LogP contribution in [0.1, 0.15) is 22.3 Å². The SMILES string of the molecule is Cc1ccc(-c2cc(-c3ccc(C)c(C)c3)n(-c3cc(Cl)ccc3Cl)n2)cc1C. The molecule has 0 spiro atoms. The average molecular weight is 421 g/mol. The number of rotatable bonds is 3. The lowest BCUT2D eigenvalue weighted by Crippen LogP contribution is -2.00. The van der Waals surface area contributed by atoms with Gasteiger partial charge in [0.2, 0.25) is 0 Å². The molecule has 0 N–H and O–H groups in total. The zero-order chi connectivity index (χ0) is 20.7. The molecule has 0 aliphatic heterocycles. The highest BCUT2D eigenvalue weighted by molar-refractivity contribution is 6.34. The van der Waals surface area contributed by atoms with Crippen molar-refractivity contribution >= 4 is 23.2 Å². The maximum absolute atomic E-state index is 6.53. The largest absolute Gasteiger partial charge is 0.231 e. The Kier molecular flexibility index (Phi) is 5.24. The third-order valence-electron chi connectivity index (χ3n) is 5.45. The van der Waals surface area contributed by atoms with Crippen LogP contribution in [0, 0.1) is 27.7 Å². The van der Waals surface area contributed by atoms with E-state index in [9.17, 15) is 0 Å². The van der Waals surface area contributed by atoms with Crippen molar-refractivity contribution in [3.63, 3.8) is 0 Å². The summed E-state index contributed by atoms with van der Waals surface area (Å²) < 4.78 is 1.89. The summed E-state index contributed by atoms with van der Waals surface area (Å²) in [5, 5.41) is 6.15. The quantitative estimate of drug-likeness (QED) is 0.331. The number of halogens is 2. The Balaban J connectivity index is 1.96. The van der Waals surface area contributed by atoms with Crippen molar-refractivity contribution in [3.05, 3.63) is 93.0 Å². The van der Waals surface area contributed by atoms with E-state index in [0.29, 0.717) is 10.0 Å². The Morgan fingerprint density at radius 3 is 1.93 bits per heavy atom. The molecule has 0 unspecified atom stereocenters. The van der Waals surface area contributed by atoms with E-state index in [2.05, 4.69) is 70.2 Å². The minimum atomic E-state index is 0.606. The van der Waals surface area contributed by atoms with Crippen molar-refractivity contribution in [2.75, 3.05) is 0 Å². The van der Waals surface area contributed by atoms with Crippen LogP contribution in [0.2, 0.25) is 10.0 Å². The molecular formula is C25H22Cl2N2. The fourth-order valence-corrected chi connectivity index (χ4v) is 3.73. The van der Waals surface area contributed by atoms with Gasteiger partial charge in [-0.1, -0.05) is 47.5 Å². The first-order valence-electron chi connectivity index (χ1n) is 9.54. The van der Waals surface area contributed by atoms with Gasteiger partial charge in [0.05, 0.1) is 22.1 Å². The monoisotopic (exact) mass is 420 g/mol. The summed E-state index contributed by atoms with van der Waals surface area (Å²) in [4.78, 5) is 0. The van der Waals surface area contributed by atoms with Crippen molar-refractivity contribution in [2.24, 2.45) is 0 Å². The van der Waals surface area contributed by atoms with E-state index in [1.165, 1.54) is 22.3 Å². The molecule has 0 saturated heterocycles. The van der Waals surface area contributed by atoms with Gasteiger partial charge in [0.1, 0.15) is 0 Å². The lowest BCUT2D eigenvalue weighted by Gasteiger charge is -2.11. The second-order valence-corrected chi connectivity index (χ2v) is 8.36. The topological polar surface area (TPSA) is 17.8 Å². The fourth-order valence-electron chi connectivity index (χ4n) is 3.36. The Labute approximate surface area is 181 Å². The number of benzene rings is 3. The molecule has 3 aromatic carbocycles. The fraction of sp³-hybridized carbons (Fsp3) is 0.160. The van der Waals surface area contributed by atoms with Gasteiger partial charge in [-0.15, -0.1) is 0 Å². The summed E-state index contributed by atoms with van der Waals surface area (Å²) in [6.07, 6.45) is 0. The Morgan fingerprint density at radius 2 is 1.28 bits per heavy atom. The summed E-state index contributed by atoms with van der Waals surface area (Å²) in [6.45, 7) is 8.47. The maximum atomic E-state index is 6.53. The molecule has 0 fully saturated rings. The van der Waals surface area contributed by atoms with E-state index in [0.717, 1.165) is 28.2 Å². The molecule has 1 aromatic heterocycles. The normalized spacial score (nSPS) is 11.1. The number of aryl methyl sites for hydroxylation is 4. The summed E-state index contributed by atoms with van der Waals surface area (Å²) in [5.74, 6) is 0. The summed E-state index contributed by atoms with van der Waals surface area (Å²) in [6, 6.07) is 20.4. The van der Waals surface area contributed by atoms with Gasteiger partial charge >= 0.3 is 0 Å². The number of hydrogen-bond donors (Lipinski definition) is 0. The molecule has 2 nitrogen and oxygen atoms in total. The third kappa shape index (κ3) is 3.83. The van der Waals surface area contributed by atoms with Crippen molar-refractivity contribution < 1.29 is 0 Å². The molecule has 4 heteroatoms. The van der Waals surface area contributed by atoms with E-state index in [4.69, 9.17) is 28.3 Å². The number of aromatic nitrogens is 2. The highest BCUT2D eigenvalue weighted by Gasteiger charge is 2.16. The summed E-state index contributed by atoms with van der Waals surface area (Å²) in [5.41, 5.74) is 9.81. The molecule has 0 aliphatic rings. The Morgan fingerprint density at radius 1 is 0.655 bits per heavy atom. The van der Waals surface area contributed by atoms with Crippen molar-refractivity contribution in [2.45, 2.75) is 27.7 Å². The van der Waals surface area contributed by atoms with Gasteiger partial charge in [-0.3, -0.25) is 0 Å². The number of hydrogen-bond acceptors (Lipinski definition) is 1. The molecule has 1 heterocycles. The minimum absolute atomic E-state index is 0.606. The van der Waals surface area contributed by atoms with Gasteiger partial charge in [0.25, 0.3) is 0 Å². The van der Waals surface area contributed by atoms with Crippen LogP contribution >= 0.6 is 23.2 Å². The Hall–Kier alpha value is -2.55. The Bertz CT molecular complexity index is 1220. The molecule has 0 saturated carbocycles. The lowest BCUT2D eigenvalue weighted by molar-refractivity contribution is 0.892. The highest BCUT2D eigenvalue weighted by Crippen LogP contribution is 2.33. The van der Waals surface area contributed by atoms with E-state index in [-0.39, 0.29) is 0 Å². The second kappa shape index (κ2) is 7.70.